The molecule has 1 aromatic carbocycles. The monoisotopic (exact) mass is 449 g/mol. The molecule has 0 radical (unpaired) electrons. The van der Waals surface area contributed by atoms with Crippen molar-refractivity contribution in [2.45, 2.75) is 37.5 Å². The Balaban J connectivity index is 2.05. The van der Waals surface area contributed by atoms with Crippen molar-refractivity contribution in [3.63, 3.8) is 0 Å². The van der Waals surface area contributed by atoms with Gasteiger partial charge in [-0.25, -0.2) is 0 Å². The first-order valence-corrected chi connectivity index (χ1v) is 10.2. The molecule has 0 spiro atoms. The average Bonchev–Trinajstić information content (AvgIpc) is 2.68. The molecule has 1 aromatic rings. The maximum atomic E-state index is 13.4. The average molecular weight is 450 g/mol. The number of halogens is 1. The summed E-state index contributed by atoms with van der Waals surface area (Å²) in [5, 5.41) is 55.2. The Hall–Kier alpha value is -2.39. The molecule has 4 rings (SSSR count). The summed E-state index contributed by atoms with van der Waals surface area (Å²) in [4.78, 5) is 28.0. The van der Waals surface area contributed by atoms with Gasteiger partial charge in [0.2, 0.25) is 5.78 Å². The zero-order valence-corrected chi connectivity index (χ0v) is 18.2. The summed E-state index contributed by atoms with van der Waals surface area (Å²) in [6.07, 6.45) is -0.105. The molecule has 3 aliphatic rings. The standard InChI is InChI=1S/C22H24ClNO7/c1-8-17(26)16(24(3)4)10-7-9-13(20(29)22(10,31)19(8)28)18(27)14-12(25)6-5-11(23)15(14)21(9,2)30/h5-6,9-10,16,25-26,29-31H,7H2,1-4H3. The number of aliphatic hydroxyl groups is 4. The van der Waals surface area contributed by atoms with Crippen LogP contribution in [-0.4, -0.2) is 67.7 Å². The van der Waals surface area contributed by atoms with Crippen LogP contribution in [0.25, 0.3) is 0 Å². The summed E-state index contributed by atoms with van der Waals surface area (Å²) in [6.45, 7) is 2.74. The SMILES string of the molecule is CC1=C(O)C(N(C)C)C2CC3C(=C(O)C2(O)C1=O)C(=O)c1c(O)ccc(Cl)c1C3(C)O. The molecule has 0 amide bonds. The minimum Gasteiger partial charge on any atom is -0.510 e. The molecule has 5 N–H and O–H groups in total. The lowest BCUT2D eigenvalue weighted by atomic mass is 9.55. The van der Waals surface area contributed by atoms with E-state index in [1.54, 1.807) is 19.0 Å². The highest BCUT2D eigenvalue weighted by molar-refractivity contribution is 6.33. The molecule has 0 bridgehead atoms. The van der Waals surface area contributed by atoms with Crippen molar-refractivity contribution >= 4 is 23.2 Å². The Kier molecular flexibility index (Phi) is 4.62. The molecular formula is C22H24ClNO7. The first-order chi connectivity index (χ1) is 14.3. The number of rotatable bonds is 1. The van der Waals surface area contributed by atoms with E-state index in [0.29, 0.717) is 0 Å². The largest absolute Gasteiger partial charge is 0.510 e. The summed E-state index contributed by atoms with van der Waals surface area (Å²) < 4.78 is 0. The van der Waals surface area contributed by atoms with Crippen molar-refractivity contribution in [2.24, 2.45) is 11.8 Å². The Labute approximate surface area is 183 Å². The first-order valence-electron chi connectivity index (χ1n) is 9.83. The summed E-state index contributed by atoms with van der Waals surface area (Å²) in [6, 6.07) is 1.71. The molecule has 31 heavy (non-hydrogen) atoms. The first kappa shape index (κ1) is 21.8. The fourth-order valence-corrected chi connectivity index (χ4v) is 5.87. The van der Waals surface area contributed by atoms with Crippen molar-refractivity contribution in [1.29, 1.82) is 0 Å². The maximum Gasteiger partial charge on any atom is 0.201 e. The van der Waals surface area contributed by atoms with Crippen LogP contribution in [0.1, 0.15) is 36.2 Å². The Bertz CT molecular complexity index is 1100. The van der Waals surface area contributed by atoms with Gasteiger partial charge in [0.1, 0.15) is 17.3 Å². The number of carbonyl (C=O) groups is 2. The van der Waals surface area contributed by atoms with Crippen LogP contribution in [0.15, 0.2) is 34.8 Å². The third-order valence-corrected chi connectivity index (χ3v) is 7.38. The third kappa shape index (κ3) is 2.53. The van der Waals surface area contributed by atoms with E-state index < -0.39 is 52.2 Å². The molecule has 0 saturated heterocycles. The van der Waals surface area contributed by atoms with Gasteiger partial charge in [-0.2, -0.15) is 0 Å². The van der Waals surface area contributed by atoms with Gasteiger partial charge in [0.15, 0.2) is 11.4 Å². The molecule has 0 saturated carbocycles. The van der Waals surface area contributed by atoms with E-state index in [1.165, 1.54) is 26.0 Å². The number of fused-ring (bicyclic) bond motifs is 3. The molecular weight excluding hydrogens is 426 g/mol. The number of nitrogens with zero attached hydrogens (tertiary/aromatic N) is 1. The fraction of sp³-hybridized carbons (Fsp3) is 0.455. The highest BCUT2D eigenvalue weighted by Gasteiger charge is 2.64. The van der Waals surface area contributed by atoms with Gasteiger partial charge in [-0.15, -0.1) is 0 Å². The number of Topliss-reactive ketones (excluding diaryl/α,β-unsaturated/α-hetero) is 2. The summed E-state index contributed by atoms with van der Waals surface area (Å²) >= 11 is 6.28. The van der Waals surface area contributed by atoms with E-state index >= 15 is 0 Å². The molecule has 5 unspecified atom stereocenters. The Morgan fingerprint density at radius 2 is 1.74 bits per heavy atom. The van der Waals surface area contributed by atoms with Crippen LogP contribution in [0.2, 0.25) is 5.02 Å². The number of hydrogen-bond donors (Lipinski definition) is 5. The number of phenolic OH excluding ortho intramolecular Hbond substituents is 1. The molecule has 0 heterocycles. The molecule has 0 aromatic heterocycles. The highest BCUT2D eigenvalue weighted by Crippen LogP contribution is 2.57. The van der Waals surface area contributed by atoms with Crippen LogP contribution >= 0.6 is 11.6 Å². The lowest BCUT2D eigenvalue weighted by molar-refractivity contribution is -0.150. The van der Waals surface area contributed by atoms with Crippen molar-refractivity contribution in [3.05, 3.63) is 50.9 Å². The van der Waals surface area contributed by atoms with Crippen molar-refractivity contribution in [3.8, 4) is 5.75 Å². The smallest absolute Gasteiger partial charge is 0.201 e. The number of ketones is 2. The molecule has 8 nitrogen and oxygen atoms in total. The third-order valence-electron chi connectivity index (χ3n) is 7.07. The van der Waals surface area contributed by atoms with Crippen molar-refractivity contribution in [2.75, 3.05) is 14.1 Å². The van der Waals surface area contributed by atoms with Gasteiger partial charge in [0.05, 0.1) is 17.2 Å². The lowest BCUT2D eigenvalue weighted by Gasteiger charge is -2.53. The second kappa shape index (κ2) is 6.56. The van der Waals surface area contributed by atoms with Crippen molar-refractivity contribution in [1.82, 2.24) is 4.90 Å². The summed E-state index contributed by atoms with van der Waals surface area (Å²) in [5.74, 6) is -5.37. The number of hydrogen-bond acceptors (Lipinski definition) is 8. The van der Waals surface area contributed by atoms with Crippen molar-refractivity contribution < 1.29 is 35.1 Å². The van der Waals surface area contributed by atoms with Crippen LogP contribution in [0.4, 0.5) is 0 Å². The van der Waals surface area contributed by atoms with Crippen LogP contribution in [0, 0.1) is 11.8 Å². The minimum absolute atomic E-state index is 0.0191. The quantitative estimate of drug-likeness (QED) is 0.438. The fourth-order valence-electron chi connectivity index (χ4n) is 5.52. The van der Waals surface area contributed by atoms with Gasteiger partial charge in [0, 0.05) is 33.6 Å². The van der Waals surface area contributed by atoms with E-state index in [1.807, 2.05) is 0 Å². The predicted octanol–water partition coefficient (Wildman–Crippen LogP) is 1.97. The van der Waals surface area contributed by atoms with E-state index in [4.69, 9.17) is 11.6 Å². The van der Waals surface area contributed by atoms with E-state index in [0.717, 1.165) is 0 Å². The Morgan fingerprint density at radius 1 is 1.13 bits per heavy atom. The molecule has 5 atom stereocenters. The van der Waals surface area contributed by atoms with Crippen LogP contribution in [0.3, 0.4) is 0 Å². The van der Waals surface area contributed by atoms with Gasteiger partial charge < -0.3 is 25.5 Å². The minimum atomic E-state index is -2.46. The zero-order valence-electron chi connectivity index (χ0n) is 17.5. The van der Waals surface area contributed by atoms with Gasteiger partial charge >= 0.3 is 0 Å². The van der Waals surface area contributed by atoms with Crippen LogP contribution < -0.4 is 0 Å². The van der Waals surface area contributed by atoms with Gasteiger partial charge in [-0.1, -0.05) is 11.6 Å². The number of aromatic hydroxyl groups is 1. The van der Waals surface area contributed by atoms with E-state index in [9.17, 15) is 35.1 Å². The van der Waals surface area contributed by atoms with Gasteiger partial charge in [-0.3, -0.25) is 14.5 Å². The predicted molar refractivity (Wildman–Crippen MR) is 111 cm³/mol. The summed E-state index contributed by atoms with van der Waals surface area (Å²) in [5.41, 5.74) is -4.99. The topological polar surface area (TPSA) is 139 Å². The molecule has 0 aliphatic heterocycles. The lowest BCUT2D eigenvalue weighted by Crippen LogP contribution is -2.64. The number of aliphatic hydroxyl groups excluding tert-OH is 2. The zero-order chi connectivity index (χ0) is 23.2. The second-order valence-corrected chi connectivity index (χ2v) is 9.37. The van der Waals surface area contributed by atoms with Gasteiger partial charge in [0.25, 0.3) is 0 Å². The maximum absolute atomic E-state index is 13.4. The normalized spacial score (nSPS) is 35.3. The van der Waals surface area contributed by atoms with Gasteiger partial charge in [-0.05, 0) is 46.5 Å². The summed E-state index contributed by atoms with van der Waals surface area (Å²) in [7, 11) is 3.30. The van der Waals surface area contributed by atoms with Crippen LogP contribution in [-0.2, 0) is 10.4 Å². The molecule has 0 fully saturated rings. The molecule has 166 valence electrons. The molecule has 3 aliphatic carbocycles. The number of phenols is 1. The number of carbonyl (C=O) groups excluding carboxylic acids is 2. The number of benzene rings is 1. The number of likely N-dealkylation sites (N-methyl/N-ethyl adjacent to an activating group) is 1. The second-order valence-electron chi connectivity index (χ2n) is 8.96. The van der Waals surface area contributed by atoms with Crippen LogP contribution in [0.5, 0.6) is 5.75 Å². The highest BCUT2D eigenvalue weighted by atomic mass is 35.5. The van der Waals surface area contributed by atoms with E-state index in [2.05, 4.69) is 0 Å². The molecule has 9 heteroatoms. The Morgan fingerprint density at radius 3 is 2.32 bits per heavy atom. The van der Waals surface area contributed by atoms with E-state index in [-0.39, 0.29) is 39.5 Å².